The highest BCUT2D eigenvalue weighted by atomic mass is 19.1. The summed E-state index contributed by atoms with van der Waals surface area (Å²) in [5.74, 6) is 0.595. The third-order valence-corrected chi connectivity index (χ3v) is 8.29. The molecule has 1 unspecified atom stereocenters. The average Bonchev–Trinajstić information content (AvgIpc) is 3.49. The maximum absolute atomic E-state index is 14.3. The standard InChI is InChI=1S/C30H38FN5O2/c1-19(2)34(4)30(38)25-12-24(31)6-7-26(25)36-18-23(29-20(3)13-32-15-27(29)36)11-21-9-10-35(16-21)17-22-5-8-28(37)33-14-22/h6-7,12-13,15,18-19,21-22H,5,8-11,14,16-17H2,1-4H3,(H,33,37)/t21-,22?/m1/s1. The minimum absolute atomic E-state index is 0.00492. The first kappa shape index (κ1) is 26.4. The van der Waals surface area contributed by atoms with Crippen LogP contribution >= 0.6 is 0 Å². The fourth-order valence-electron chi connectivity index (χ4n) is 5.97. The number of aromatic nitrogens is 2. The van der Waals surface area contributed by atoms with E-state index >= 15 is 0 Å². The molecule has 2 saturated heterocycles. The molecule has 2 amide bonds. The Morgan fingerprint density at radius 1 is 1.24 bits per heavy atom. The molecule has 2 aliphatic heterocycles. The zero-order chi connectivity index (χ0) is 27.0. The van der Waals surface area contributed by atoms with Gasteiger partial charge in [-0.05, 0) is 87.7 Å². The van der Waals surface area contributed by atoms with Crippen LogP contribution in [-0.4, -0.2) is 70.4 Å². The van der Waals surface area contributed by atoms with Crippen molar-refractivity contribution < 1.29 is 14.0 Å². The molecular formula is C30H38FN5O2. The Balaban J connectivity index is 1.43. The van der Waals surface area contributed by atoms with E-state index in [1.807, 2.05) is 30.8 Å². The van der Waals surface area contributed by atoms with Crippen molar-refractivity contribution in [3.05, 3.63) is 59.3 Å². The molecule has 0 saturated carbocycles. The van der Waals surface area contributed by atoms with E-state index in [2.05, 4.69) is 28.3 Å². The molecule has 2 fully saturated rings. The van der Waals surface area contributed by atoms with Gasteiger partial charge in [-0.2, -0.15) is 0 Å². The van der Waals surface area contributed by atoms with Crippen molar-refractivity contribution in [3.63, 3.8) is 0 Å². The van der Waals surface area contributed by atoms with Crippen molar-refractivity contribution in [3.8, 4) is 5.69 Å². The van der Waals surface area contributed by atoms with E-state index in [-0.39, 0.29) is 17.9 Å². The van der Waals surface area contributed by atoms with Crippen LogP contribution in [0, 0.1) is 24.6 Å². The van der Waals surface area contributed by atoms with Crippen LogP contribution in [0.25, 0.3) is 16.6 Å². The van der Waals surface area contributed by atoms with Crippen molar-refractivity contribution in [1.29, 1.82) is 0 Å². The molecular weight excluding hydrogens is 481 g/mol. The molecule has 3 aromatic rings. The van der Waals surface area contributed by atoms with Gasteiger partial charge >= 0.3 is 0 Å². The van der Waals surface area contributed by atoms with Crippen molar-refractivity contribution in [2.45, 2.75) is 52.5 Å². The first-order valence-corrected chi connectivity index (χ1v) is 13.7. The normalized spacial score (nSPS) is 20.3. The second kappa shape index (κ2) is 10.8. The highest BCUT2D eigenvalue weighted by Crippen LogP contribution is 2.33. The van der Waals surface area contributed by atoms with Gasteiger partial charge in [0.25, 0.3) is 5.91 Å². The molecule has 5 rings (SSSR count). The van der Waals surface area contributed by atoms with E-state index in [1.54, 1.807) is 18.0 Å². The van der Waals surface area contributed by atoms with Crippen molar-refractivity contribution in [2.24, 2.45) is 11.8 Å². The van der Waals surface area contributed by atoms with Gasteiger partial charge in [-0.15, -0.1) is 0 Å². The molecule has 0 bridgehead atoms. The molecule has 8 heteroatoms. The summed E-state index contributed by atoms with van der Waals surface area (Å²) in [6.07, 6.45) is 9.52. The first-order valence-electron chi connectivity index (χ1n) is 13.7. The Morgan fingerprint density at radius 3 is 2.79 bits per heavy atom. The Labute approximate surface area is 224 Å². The summed E-state index contributed by atoms with van der Waals surface area (Å²) in [5, 5.41) is 4.17. The SMILES string of the molecule is Cc1cncc2c1c(C[C@H]1CCN(CC3CCC(=O)NC3)C1)cn2-c1ccc(F)cc1C(=O)N(C)C(C)C. The lowest BCUT2D eigenvalue weighted by Crippen LogP contribution is -2.40. The molecule has 38 heavy (non-hydrogen) atoms. The van der Waals surface area contributed by atoms with E-state index in [9.17, 15) is 14.0 Å². The Kier molecular flexibility index (Phi) is 7.52. The molecule has 2 aliphatic rings. The lowest BCUT2D eigenvalue weighted by molar-refractivity contribution is -0.123. The molecule has 0 radical (unpaired) electrons. The Bertz CT molecular complexity index is 1340. The monoisotopic (exact) mass is 519 g/mol. The molecule has 0 aliphatic carbocycles. The van der Waals surface area contributed by atoms with Crippen LogP contribution in [0.1, 0.15) is 54.6 Å². The topological polar surface area (TPSA) is 70.5 Å². The number of hydrogen-bond donors (Lipinski definition) is 1. The van der Waals surface area contributed by atoms with E-state index < -0.39 is 5.82 Å². The van der Waals surface area contributed by atoms with Crippen LogP contribution in [0.15, 0.2) is 36.8 Å². The zero-order valence-electron chi connectivity index (χ0n) is 22.8. The van der Waals surface area contributed by atoms with Gasteiger partial charge in [-0.25, -0.2) is 4.39 Å². The minimum Gasteiger partial charge on any atom is -0.356 e. The molecule has 7 nitrogen and oxygen atoms in total. The summed E-state index contributed by atoms with van der Waals surface area (Å²) in [6, 6.07) is 4.45. The first-order chi connectivity index (χ1) is 18.2. The number of rotatable bonds is 7. The van der Waals surface area contributed by atoms with E-state index in [4.69, 9.17) is 0 Å². The van der Waals surface area contributed by atoms with Crippen LogP contribution in [-0.2, 0) is 11.2 Å². The number of aryl methyl sites for hydroxylation is 1. The van der Waals surface area contributed by atoms with Gasteiger partial charge in [0.1, 0.15) is 5.82 Å². The average molecular weight is 520 g/mol. The summed E-state index contributed by atoms with van der Waals surface area (Å²) < 4.78 is 16.4. The van der Waals surface area contributed by atoms with Gasteiger partial charge in [-0.1, -0.05) is 0 Å². The molecule has 2 atom stereocenters. The summed E-state index contributed by atoms with van der Waals surface area (Å²) in [4.78, 5) is 33.5. The highest BCUT2D eigenvalue weighted by molar-refractivity contribution is 5.99. The number of carbonyl (C=O) groups excluding carboxylic acids is 2. The second-order valence-electron chi connectivity index (χ2n) is 11.4. The molecule has 0 spiro atoms. The number of likely N-dealkylation sites (tertiary alicyclic amines) is 1. The predicted molar refractivity (Wildman–Crippen MR) is 147 cm³/mol. The van der Waals surface area contributed by atoms with Crippen LogP contribution in [0.3, 0.4) is 0 Å². The van der Waals surface area contributed by atoms with Crippen LogP contribution in [0.2, 0.25) is 0 Å². The maximum Gasteiger partial charge on any atom is 0.256 e. The maximum atomic E-state index is 14.3. The molecule has 1 N–H and O–H groups in total. The predicted octanol–water partition coefficient (Wildman–Crippen LogP) is 4.34. The number of benzene rings is 1. The van der Waals surface area contributed by atoms with Gasteiger partial charge < -0.3 is 19.7 Å². The molecule has 2 aromatic heterocycles. The zero-order valence-corrected chi connectivity index (χ0v) is 22.8. The van der Waals surface area contributed by atoms with Gasteiger partial charge in [0.05, 0.1) is 23.0 Å². The fraction of sp³-hybridized carbons (Fsp3) is 0.500. The third-order valence-electron chi connectivity index (χ3n) is 8.29. The van der Waals surface area contributed by atoms with Gasteiger partial charge in [0.15, 0.2) is 0 Å². The van der Waals surface area contributed by atoms with Crippen LogP contribution < -0.4 is 5.32 Å². The number of carbonyl (C=O) groups is 2. The summed E-state index contributed by atoms with van der Waals surface area (Å²) in [6.45, 7) is 9.90. The molecule has 1 aromatic carbocycles. The highest BCUT2D eigenvalue weighted by Gasteiger charge is 2.28. The Hall–Kier alpha value is -3.26. The van der Waals surface area contributed by atoms with Crippen LogP contribution in [0.4, 0.5) is 4.39 Å². The van der Waals surface area contributed by atoms with Gasteiger partial charge in [-0.3, -0.25) is 14.6 Å². The number of nitrogens with one attached hydrogen (secondary N) is 1. The van der Waals surface area contributed by atoms with Crippen molar-refractivity contribution >= 4 is 22.7 Å². The minimum atomic E-state index is -0.427. The lowest BCUT2D eigenvalue weighted by atomic mass is 9.97. The number of nitrogens with zero attached hydrogens (tertiary/aromatic N) is 4. The fourth-order valence-corrected chi connectivity index (χ4v) is 5.97. The van der Waals surface area contributed by atoms with Gasteiger partial charge in [0, 0.05) is 56.9 Å². The van der Waals surface area contributed by atoms with Crippen molar-refractivity contribution in [2.75, 3.05) is 33.2 Å². The van der Waals surface area contributed by atoms with Crippen molar-refractivity contribution in [1.82, 2.24) is 24.7 Å². The number of pyridine rings is 1. The third kappa shape index (κ3) is 5.32. The quantitative estimate of drug-likeness (QED) is 0.504. The van der Waals surface area contributed by atoms with E-state index in [0.717, 1.165) is 61.9 Å². The Morgan fingerprint density at radius 2 is 2.05 bits per heavy atom. The number of hydrogen-bond acceptors (Lipinski definition) is 4. The summed E-state index contributed by atoms with van der Waals surface area (Å²) in [7, 11) is 1.75. The molecule has 4 heterocycles. The van der Waals surface area contributed by atoms with Crippen LogP contribution in [0.5, 0.6) is 0 Å². The number of fused-ring (bicyclic) bond motifs is 1. The largest absolute Gasteiger partial charge is 0.356 e. The lowest BCUT2D eigenvalue weighted by Gasteiger charge is -2.27. The summed E-state index contributed by atoms with van der Waals surface area (Å²) in [5.41, 5.74) is 4.27. The van der Waals surface area contributed by atoms with E-state index in [0.29, 0.717) is 29.5 Å². The van der Waals surface area contributed by atoms with E-state index in [1.165, 1.54) is 17.7 Å². The number of amides is 2. The number of halogens is 1. The van der Waals surface area contributed by atoms with Gasteiger partial charge in [0.2, 0.25) is 5.91 Å². The smallest absolute Gasteiger partial charge is 0.256 e. The summed E-state index contributed by atoms with van der Waals surface area (Å²) >= 11 is 0. The molecule has 202 valence electrons. The number of piperidine rings is 1. The second-order valence-corrected chi connectivity index (χ2v) is 11.4.